The molecule has 2 saturated carbocycles. The van der Waals surface area contributed by atoms with Crippen LogP contribution in [-0.2, 0) is 5.60 Å². The van der Waals surface area contributed by atoms with Gasteiger partial charge in [0, 0.05) is 17.0 Å². The lowest BCUT2D eigenvalue weighted by molar-refractivity contribution is -0.0217. The van der Waals surface area contributed by atoms with Crippen molar-refractivity contribution in [2.24, 2.45) is 23.2 Å². The summed E-state index contributed by atoms with van der Waals surface area (Å²) in [5.41, 5.74) is 2.12. The van der Waals surface area contributed by atoms with Crippen molar-refractivity contribution >= 4 is 21.8 Å². The Balaban J connectivity index is 1.67. The maximum atomic E-state index is 11.6. The van der Waals surface area contributed by atoms with E-state index in [9.17, 15) is 5.11 Å². The Labute approximate surface area is 148 Å². The summed E-state index contributed by atoms with van der Waals surface area (Å²) in [5.74, 6) is 1.49. The van der Waals surface area contributed by atoms with E-state index in [1.807, 2.05) is 18.3 Å². The number of fused-ring (bicyclic) bond motifs is 4. The third kappa shape index (κ3) is 1.90. The molecule has 0 aliphatic heterocycles. The number of pyridine rings is 2. The van der Waals surface area contributed by atoms with Crippen molar-refractivity contribution in [1.29, 1.82) is 0 Å². The van der Waals surface area contributed by atoms with E-state index >= 15 is 0 Å². The van der Waals surface area contributed by atoms with Gasteiger partial charge in [-0.3, -0.25) is 4.98 Å². The van der Waals surface area contributed by atoms with Crippen LogP contribution in [0.15, 0.2) is 42.6 Å². The van der Waals surface area contributed by atoms with Crippen LogP contribution in [-0.4, -0.2) is 15.1 Å². The molecule has 2 heterocycles. The molecule has 1 aromatic carbocycles. The highest BCUT2D eigenvalue weighted by molar-refractivity contribution is 6.02. The molecule has 2 aromatic heterocycles. The van der Waals surface area contributed by atoms with E-state index in [0.717, 1.165) is 33.9 Å². The van der Waals surface area contributed by atoms with E-state index in [1.54, 1.807) is 0 Å². The fourth-order valence-electron chi connectivity index (χ4n) is 5.38. The molecule has 0 bridgehead atoms. The van der Waals surface area contributed by atoms with Crippen LogP contribution in [0.4, 0.5) is 0 Å². The fraction of sp³-hybridized carbons (Fsp3) is 0.455. The van der Waals surface area contributed by atoms with Gasteiger partial charge < -0.3 is 5.11 Å². The zero-order valence-corrected chi connectivity index (χ0v) is 15.0. The summed E-state index contributed by atoms with van der Waals surface area (Å²) in [4.78, 5) is 9.48. The quantitative estimate of drug-likeness (QED) is 0.694. The molecule has 128 valence electrons. The number of benzene rings is 1. The summed E-state index contributed by atoms with van der Waals surface area (Å²) in [6.45, 7) is 6.79. The highest BCUT2D eigenvalue weighted by Crippen LogP contribution is 2.74. The molecule has 1 N–H and O–H groups in total. The monoisotopic (exact) mass is 332 g/mol. The minimum absolute atomic E-state index is 0.253. The molecule has 4 atom stereocenters. The lowest BCUT2D eigenvalue weighted by atomic mass is 9.81. The lowest BCUT2D eigenvalue weighted by Crippen LogP contribution is -2.33. The molecule has 2 unspecified atom stereocenters. The first-order chi connectivity index (χ1) is 12.0. The van der Waals surface area contributed by atoms with E-state index in [0.29, 0.717) is 17.3 Å². The molecule has 25 heavy (non-hydrogen) atoms. The molecule has 3 aromatic rings. The van der Waals surface area contributed by atoms with Crippen LogP contribution in [0.2, 0.25) is 0 Å². The van der Waals surface area contributed by atoms with E-state index in [-0.39, 0.29) is 5.92 Å². The third-order valence-electron chi connectivity index (χ3n) is 7.16. The lowest BCUT2D eigenvalue weighted by Gasteiger charge is -2.31. The Kier molecular flexibility index (Phi) is 2.93. The third-order valence-corrected chi connectivity index (χ3v) is 7.16. The zero-order valence-electron chi connectivity index (χ0n) is 15.0. The van der Waals surface area contributed by atoms with Gasteiger partial charge in [0.1, 0.15) is 5.60 Å². The fourth-order valence-corrected chi connectivity index (χ4v) is 5.38. The maximum absolute atomic E-state index is 11.6. The molecule has 2 aliphatic carbocycles. The SMILES string of the molecule is CC(C)[C@@]12CC1[C@H](C)C(O)(c1ccc3ccc4cccnc4c3n1)C2. The average molecular weight is 332 g/mol. The van der Waals surface area contributed by atoms with Crippen LogP contribution < -0.4 is 0 Å². The molecule has 3 nitrogen and oxygen atoms in total. The van der Waals surface area contributed by atoms with Crippen LogP contribution in [0.5, 0.6) is 0 Å². The molecule has 0 amide bonds. The summed E-state index contributed by atoms with van der Waals surface area (Å²) in [5, 5.41) is 13.8. The van der Waals surface area contributed by atoms with Crippen molar-refractivity contribution in [1.82, 2.24) is 9.97 Å². The molecule has 5 rings (SSSR count). The summed E-state index contributed by atoms with van der Waals surface area (Å²) in [6, 6.07) is 12.3. The predicted octanol–water partition coefficient (Wildman–Crippen LogP) is 4.67. The van der Waals surface area contributed by atoms with E-state index in [1.165, 1.54) is 6.42 Å². The number of rotatable bonds is 2. The highest BCUT2D eigenvalue weighted by atomic mass is 16.3. The largest absolute Gasteiger partial charge is 0.383 e. The molecule has 0 saturated heterocycles. The first kappa shape index (κ1) is 15.3. The van der Waals surface area contributed by atoms with Crippen LogP contribution >= 0.6 is 0 Å². The van der Waals surface area contributed by atoms with Gasteiger partial charge in [-0.25, -0.2) is 4.98 Å². The topological polar surface area (TPSA) is 46.0 Å². The van der Waals surface area contributed by atoms with Crippen molar-refractivity contribution in [3.8, 4) is 0 Å². The maximum Gasteiger partial charge on any atom is 0.110 e. The van der Waals surface area contributed by atoms with Gasteiger partial charge in [0.2, 0.25) is 0 Å². The van der Waals surface area contributed by atoms with Gasteiger partial charge in [-0.05, 0) is 48.1 Å². The second-order valence-corrected chi connectivity index (χ2v) is 8.50. The summed E-state index contributed by atoms with van der Waals surface area (Å²) >= 11 is 0. The molecular formula is C22H24N2O. The molecule has 3 heteroatoms. The molecule has 0 radical (unpaired) electrons. The van der Waals surface area contributed by atoms with Crippen LogP contribution in [0.3, 0.4) is 0 Å². The summed E-state index contributed by atoms with van der Waals surface area (Å²) in [7, 11) is 0. The zero-order chi connectivity index (χ0) is 17.4. The van der Waals surface area contributed by atoms with Crippen LogP contribution in [0.1, 0.15) is 39.3 Å². The average Bonchev–Trinajstić information content (AvgIpc) is 3.30. The van der Waals surface area contributed by atoms with E-state index < -0.39 is 5.60 Å². The normalized spacial score (nSPS) is 34.0. The van der Waals surface area contributed by atoms with Gasteiger partial charge in [-0.15, -0.1) is 0 Å². The number of aliphatic hydroxyl groups is 1. The Morgan fingerprint density at radius 3 is 2.52 bits per heavy atom. The standard InChI is InChI=1S/C22H24N2O/c1-13(2)21-11-17(21)14(3)22(25,12-21)18-9-8-16-7-6-15-5-4-10-23-19(15)20(16)24-18/h4-10,13-14,17,25H,11-12H2,1-3H3/t14-,17?,21-,22?/m0/s1. The van der Waals surface area contributed by atoms with Gasteiger partial charge in [-0.2, -0.15) is 0 Å². The second-order valence-electron chi connectivity index (χ2n) is 8.50. The van der Waals surface area contributed by atoms with Gasteiger partial charge in [0.25, 0.3) is 0 Å². The van der Waals surface area contributed by atoms with Crippen molar-refractivity contribution in [3.63, 3.8) is 0 Å². The molecule has 2 aliphatic rings. The van der Waals surface area contributed by atoms with E-state index in [4.69, 9.17) is 4.98 Å². The van der Waals surface area contributed by atoms with Crippen molar-refractivity contribution in [3.05, 3.63) is 48.3 Å². The number of hydrogen-bond acceptors (Lipinski definition) is 3. The Morgan fingerprint density at radius 1 is 1.08 bits per heavy atom. The van der Waals surface area contributed by atoms with Gasteiger partial charge in [0.05, 0.1) is 16.7 Å². The number of aromatic nitrogens is 2. The minimum atomic E-state index is -0.821. The first-order valence-corrected chi connectivity index (χ1v) is 9.33. The van der Waals surface area contributed by atoms with Crippen LogP contribution in [0, 0.1) is 23.2 Å². The number of nitrogens with zero attached hydrogens (tertiary/aromatic N) is 2. The Morgan fingerprint density at radius 2 is 1.80 bits per heavy atom. The highest BCUT2D eigenvalue weighted by Gasteiger charge is 2.70. The van der Waals surface area contributed by atoms with E-state index in [2.05, 4.69) is 50.0 Å². The molecule has 0 spiro atoms. The predicted molar refractivity (Wildman–Crippen MR) is 100 cm³/mol. The van der Waals surface area contributed by atoms with Crippen LogP contribution in [0.25, 0.3) is 21.8 Å². The van der Waals surface area contributed by atoms with Gasteiger partial charge in [0.15, 0.2) is 0 Å². The second kappa shape index (κ2) is 4.79. The smallest absolute Gasteiger partial charge is 0.110 e. The van der Waals surface area contributed by atoms with Gasteiger partial charge in [-0.1, -0.05) is 45.0 Å². The molecular weight excluding hydrogens is 308 g/mol. The Bertz CT molecular complexity index is 998. The van der Waals surface area contributed by atoms with Crippen molar-refractivity contribution in [2.75, 3.05) is 0 Å². The van der Waals surface area contributed by atoms with Crippen molar-refractivity contribution in [2.45, 2.75) is 39.2 Å². The minimum Gasteiger partial charge on any atom is -0.383 e. The van der Waals surface area contributed by atoms with Crippen molar-refractivity contribution < 1.29 is 5.11 Å². The van der Waals surface area contributed by atoms with Gasteiger partial charge >= 0.3 is 0 Å². The summed E-state index contributed by atoms with van der Waals surface area (Å²) in [6.07, 6.45) is 3.90. The molecule has 2 fully saturated rings. The first-order valence-electron chi connectivity index (χ1n) is 9.33. The summed E-state index contributed by atoms with van der Waals surface area (Å²) < 4.78 is 0. The number of hydrogen-bond donors (Lipinski definition) is 1. The Hall–Kier alpha value is -2.00.